The maximum atomic E-state index is 11.9. The van der Waals surface area contributed by atoms with Crippen molar-refractivity contribution in [2.45, 2.75) is 6.61 Å². The van der Waals surface area contributed by atoms with E-state index in [-0.39, 0.29) is 19.1 Å². The molecule has 0 saturated heterocycles. The molecule has 2 aromatic carbocycles. The van der Waals surface area contributed by atoms with Gasteiger partial charge in [0.05, 0.1) is 14.2 Å². The van der Waals surface area contributed by atoms with Crippen molar-refractivity contribution in [1.82, 2.24) is 5.32 Å². The number of esters is 1. The van der Waals surface area contributed by atoms with Crippen molar-refractivity contribution >= 4 is 27.8 Å². The fourth-order valence-electron chi connectivity index (χ4n) is 2.06. The molecule has 0 fully saturated rings. The highest BCUT2D eigenvalue weighted by Gasteiger charge is 2.12. The molecule has 2 aromatic rings. The monoisotopic (exact) mass is 407 g/mol. The standard InChI is InChI=1S/C18H18BrNO5/c1-23-15-8-13(14(19)9-16(15)24-2)11-25-17(21)10-20-18(22)12-6-4-3-5-7-12/h3-9H,10-11H2,1-2H3,(H,20,22). The second-order valence-corrected chi connectivity index (χ2v) is 5.86. The van der Waals surface area contributed by atoms with Gasteiger partial charge in [0.15, 0.2) is 11.5 Å². The van der Waals surface area contributed by atoms with Gasteiger partial charge in [-0.1, -0.05) is 34.1 Å². The van der Waals surface area contributed by atoms with Crippen LogP contribution in [0, 0.1) is 0 Å². The van der Waals surface area contributed by atoms with Crippen molar-refractivity contribution in [3.63, 3.8) is 0 Å². The molecule has 6 nitrogen and oxygen atoms in total. The average Bonchev–Trinajstić information content (AvgIpc) is 2.65. The minimum atomic E-state index is -0.536. The summed E-state index contributed by atoms with van der Waals surface area (Å²) >= 11 is 3.40. The molecule has 0 aliphatic carbocycles. The van der Waals surface area contributed by atoms with E-state index in [2.05, 4.69) is 21.2 Å². The number of hydrogen-bond acceptors (Lipinski definition) is 5. The Balaban J connectivity index is 1.89. The predicted octanol–water partition coefficient (Wildman–Crippen LogP) is 2.94. The largest absolute Gasteiger partial charge is 0.493 e. The zero-order chi connectivity index (χ0) is 18.2. The highest BCUT2D eigenvalue weighted by Crippen LogP contribution is 2.33. The average molecular weight is 408 g/mol. The molecule has 0 aliphatic rings. The fraction of sp³-hybridized carbons (Fsp3) is 0.222. The molecule has 1 N–H and O–H groups in total. The van der Waals surface area contributed by atoms with Crippen LogP contribution in [-0.2, 0) is 16.1 Å². The molecule has 2 rings (SSSR count). The van der Waals surface area contributed by atoms with Crippen molar-refractivity contribution in [3.05, 3.63) is 58.1 Å². The van der Waals surface area contributed by atoms with Gasteiger partial charge in [-0.2, -0.15) is 0 Å². The Morgan fingerprint density at radius 1 is 1.04 bits per heavy atom. The molecular formula is C18H18BrNO5. The van der Waals surface area contributed by atoms with Gasteiger partial charge in [0, 0.05) is 15.6 Å². The number of amides is 1. The summed E-state index contributed by atoms with van der Waals surface area (Å²) in [5.41, 5.74) is 1.21. The topological polar surface area (TPSA) is 73.9 Å². The molecule has 0 aromatic heterocycles. The van der Waals surface area contributed by atoms with Crippen LogP contribution in [0.25, 0.3) is 0 Å². The Morgan fingerprint density at radius 3 is 2.32 bits per heavy atom. The number of carbonyl (C=O) groups is 2. The smallest absolute Gasteiger partial charge is 0.325 e. The van der Waals surface area contributed by atoms with E-state index in [4.69, 9.17) is 14.2 Å². The minimum Gasteiger partial charge on any atom is -0.493 e. The van der Waals surface area contributed by atoms with E-state index in [0.717, 1.165) is 10.0 Å². The molecule has 0 spiro atoms. The van der Waals surface area contributed by atoms with Crippen LogP contribution in [0.4, 0.5) is 0 Å². The predicted molar refractivity (Wildman–Crippen MR) is 95.8 cm³/mol. The van der Waals surface area contributed by atoms with E-state index in [1.807, 2.05) is 6.07 Å². The van der Waals surface area contributed by atoms with E-state index in [1.165, 1.54) is 7.11 Å². The maximum Gasteiger partial charge on any atom is 0.325 e. The van der Waals surface area contributed by atoms with Crippen LogP contribution in [0.1, 0.15) is 15.9 Å². The molecule has 0 atom stereocenters. The highest BCUT2D eigenvalue weighted by atomic mass is 79.9. The first-order chi connectivity index (χ1) is 12.0. The zero-order valence-corrected chi connectivity index (χ0v) is 15.5. The summed E-state index contributed by atoms with van der Waals surface area (Å²) in [4.78, 5) is 23.7. The van der Waals surface area contributed by atoms with Gasteiger partial charge in [-0.05, 0) is 24.3 Å². The van der Waals surface area contributed by atoms with Gasteiger partial charge in [-0.15, -0.1) is 0 Å². The van der Waals surface area contributed by atoms with Crippen LogP contribution in [0.15, 0.2) is 46.9 Å². The lowest BCUT2D eigenvalue weighted by molar-refractivity contribution is -0.143. The number of rotatable bonds is 7. The first kappa shape index (κ1) is 18.8. The van der Waals surface area contributed by atoms with E-state index in [0.29, 0.717) is 17.1 Å². The zero-order valence-electron chi connectivity index (χ0n) is 13.9. The summed E-state index contributed by atoms with van der Waals surface area (Å²) in [6.45, 7) is -0.167. The van der Waals surface area contributed by atoms with E-state index in [9.17, 15) is 9.59 Å². The Morgan fingerprint density at radius 2 is 1.68 bits per heavy atom. The molecule has 25 heavy (non-hydrogen) atoms. The third-order valence-electron chi connectivity index (χ3n) is 3.37. The summed E-state index contributed by atoms with van der Waals surface area (Å²) in [5.74, 6) is 0.240. The van der Waals surface area contributed by atoms with E-state index >= 15 is 0 Å². The Labute approximate surface area is 154 Å². The molecule has 0 saturated carbocycles. The Hall–Kier alpha value is -2.54. The van der Waals surface area contributed by atoms with Crippen LogP contribution < -0.4 is 14.8 Å². The summed E-state index contributed by atoms with van der Waals surface area (Å²) in [6, 6.07) is 12.1. The molecule has 0 heterocycles. The molecule has 0 bridgehead atoms. The Bertz CT molecular complexity index is 749. The van der Waals surface area contributed by atoms with Crippen LogP contribution in [0.2, 0.25) is 0 Å². The molecule has 7 heteroatoms. The number of carbonyl (C=O) groups excluding carboxylic acids is 2. The van der Waals surface area contributed by atoms with Gasteiger partial charge in [0.25, 0.3) is 5.91 Å². The number of ether oxygens (including phenoxy) is 3. The van der Waals surface area contributed by atoms with Crippen LogP contribution in [0.3, 0.4) is 0 Å². The van der Waals surface area contributed by atoms with Gasteiger partial charge < -0.3 is 19.5 Å². The van der Waals surface area contributed by atoms with E-state index in [1.54, 1.807) is 43.5 Å². The van der Waals surface area contributed by atoms with Gasteiger partial charge in [0.2, 0.25) is 0 Å². The molecule has 0 radical (unpaired) electrons. The number of nitrogens with one attached hydrogen (secondary N) is 1. The third kappa shape index (κ3) is 5.22. The number of benzene rings is 2. The summed E-state index contributed by atoms with van der Waals surface area (Å²) in [6.07, 6.45) is 0. The van der Waals surface area contributed by atoms with Crippen LogP contribution in [0.5, 0.6) is 11.5 Å². The number of hydrogen-bond donors (Lipinski definition) is 1. The molecule has 0 unspecified atom stereocenters. The molecular weight excluding hydrogens is 390 g/mol. The molecule has 0 aliphatic heterocycles. The normalized spacial score (nSPS) is 10.0. The summed E-state index contributed by atoms with van der Waals surface area (Å²) in [5, 5.41) is 2.52. The van der Waals surface area contributed by atoms with Crippen LogP contribution >= 0.6 is 15.9 Å². The molecule has 1 amide bonds. The second kappa shape index (κ2) is 9.08. The minimum absolute atomic E-state index is 0.0426. The Kier molecular flexibility index (Phi) is 6.82. The van der Waals surface area contributed by atoms with Gasteiger partial charge >= 0.3 is 5.97 Å². The van der Waals surface area contributed by atoms with Gasteiger partial charge in [-0.3, -0.25) is 9.59 Å². The summed E-state index contributed by atoms with van der Waals surface area (Å²) in [7, 11) is 3.07. The fourth-order valence-corrected chi connectivity index (χ4v) is 2.50. The first-order valence-corrected chi connectivity index (χ1v) is 8.23. The maximum absolute atomic E-state index is 11.9. The third-order valence-corrected chi connectivity index (χ3v) is 4.11. The van der Waals surface area contributed by atoms with E-state index < -0.39 is 5.97 Å². The molecule has 132 valence electrons. The number of methoxy groups -OCH3 is 2. The lowest BCUT2D eigenvalue weighted by Gasteiger charge is -2.12. The van der Waals surface area contributed by atoms with Crippen molar-refractivity contribution in [2.75, 3.05) is 20.8 Å². The van der Waals surface area contributed by atoms with Crippen LogP contribution in [-0.4, -0.2) is 32.6 Å². The highest BCUT2D eigenvalue weighted by molar-refractivity contribution is 9.10. The van der Waals surface area contributed by atoms with Crippen molar-refractivity contribution in [2.24, 2.45) is 0 Å². The van der Waals surface area contributed by atoms with Crippen molar-refractivity contribution in [3.8, 4) is 11.5 Å². The lowest BCUT2D eigenvalue weighted by atomic mass is 10.2. The number of halogens is 1. The SMILES string of the molecule is COc1cc(Br)c(COC(=O)CNC(=O)c2ccccc2)cc1OC. The van der Waals surface area contributed by atoms with Crippen molar-refractivity contribution < 1.29 is 23.8 Å². The summed E-state index contributed by atoms with van der Waals surface area (Å²) < 4.78 is 16.3. The quantitative estimate of drug-likeness (QED) is 0.714. The van der Waals surface area contributed by atoms with Gasteiger partial charge in [-0.25, -0.2) is 0 Å². The second-order valence-electron chi connectivity index (χ2n) is 5.01. The van der Waals surface area contributed by atoms with Gasteiger partial charge in [0.1, 0.15) is 13.2 Å². The first-order valence-electron chi connectivity index (χ1n) is 7.44. The van der Waals surface area contributed by atoms with Crippen molar-refractivity contribution in [1.29, 1.82) is 0 Å². The lowest BCUT2D eigenvalue weighted by Crippen LogP contribution is -2.30.